The molecule has 1 saturated heterocycles. The fourth-order valence-corrected chi connectivity index (χ4v) is 5.65. The maximum absolute atomic E-state index is 13.0. The lowest BCUT2D eigenvalue weighted by Gasteiger charge is -2.34. The predicted octanol–water partition coefficient (Wildman–Crippen LogP) is 5.22. The Labute approximate surface area is 187 Å². The molecule has 31 heavy (non-hydrogen) atoms. The second kappa shape index (κ2) is 9.18. The normalized spacial score (nSPS) is 17.7. The second-order valence-electron chi connectivity index (χ2n) is 8.48. The molecule has 2 aromatic carbocycles. The highest BCUT2D eigenvalue weighted by molar-refractivity contribution is 7.15. The number of nitrogens with zero attached hydrogens (tertiary/aromatic N) is 4. The summed E-state index contributed by atoms with van der Waals surface area (Å²) in [6.07, 6.45) is 6.48. The maximum atomic E-state index is 13.0. The number of benzene rings is 2. The van der Waals surface area contributed by atoms with Gasteiger partial charge in [-0.15, -0.1) is 10.2 Å². The first-order valence-electron chi connectivity index (χ1n) is 11.3. The Morgan fingerprint density at radius 1 is 0.806 bits per heavy atom. The minimum absolute atomic E-state index is 0.111. The van der Waals surface area contributed by atoms with Gasteiger partial charge in [-0.3, -0.25) is 4.79 Å². The van der Waals surface area contributed by atoms with Crippen molar-refractivity contribution in [1.29, 1.82) is 0 Å². The fraction of sp³-hybridized carbons (Fsp3) is 0.400. The Bertz CT molecular complexity index is 1000. The van der Waals surface area contributed by atoms with E-state index in [1.165, 1.54) is 42.7 Å². The molecule has 1 aliphatic carbocycles. The molecule has 1 aliphatic heterocycles. The highest BCUT2D eigenvalue weighted by atomic mass is 32.1. The summed E-state index contributed by atoms with van der Waals surface area (Å²) >= 11 is 1.75. The van der Waals surface area contributed by atoms with Gasteiger partial charge in [-0.05, 0) is 36.1 Å². The fourth-order valence-electron chi connectivity index (χ4n) is 4.59. The molecule has 2 aliphatic rings. The van der Waals surface area contributed by atoms with Crippen molar-refractivity contribution in [2.24, 2.45) is 0 Å². The van der Waals surface area contributed by atoms with E-state index in [-0.39, 0.29) is 5.91 Å². The van der Waals surface area contributed by atoms with Crippen LogP contribution in [-0.4, -0.2) is 47.2 Å². The van der Waals surface area contributed by atoms with Crippen LogP contribution in [0, 0.1) is 0 Å². The van der Waals surface area contributed by atoms with E-state index in [9.17, 15) is 4.79 Å². The molecule has 0 spiro atoms. The number of rotatable bonds is 4. The summed E-state index contributed by atoms with van der Waals surface area (Å²) in [5.41, 5.74) is 3.05. The molecule has 1 saturated carbocycles. The number of piperazine rings is 1. The zero-order valence-corrected chi connectivity index (χ0v) is 18.6. The van der Waals surface area contributed by atoms with Crippen molar-refractivity contribution in [2.45, 2.75) is 38.0 Å². The van der Waals surface area contributed by atoms with Crippen molar-refractivity contribution in [1.82, 2.24) is 15.1 Å². The highest BCUT2D eigenvalue weighted by Crippen LogP contribution is 2.36. The average Bonchev–Trinajstić information content (AvgIpc) is 3.35. The lowest BCUT2D eigenvalue weighted by molar-refractivity contribution is 0.0747. The van der Waals surface area contributed by atoms with Crippen LogP contribution in [-0.2, 0) is 0 Å². The van der Waals surface area contributed by atoms with Gasteiger partial charge in [0.1, 0.15) is 5.01 Å². The standard InChI is InChI=1S/C25H28N4OS/c30-24(22-13-11-20(12-14-22)19-7-3-1-4-8-19)28-15-17-29(18-16-28)25-27-26-23(31-25)21-9-5-2-6-10-21/h1,3-4,7-8,11-14,21H,2,5-6,9-10,15-18H2. The number of aromatic nitrogens is 2. The van der Waals surface area contributed by atoms with Gasteiger partial charge in [0.15, 0.2) is 0 Å². The molecular formula is C25H28N4OS. The number of carbonyl (C=O) groups is 1. The number of carbonyl (C=O) groups excluding carboxylic acids is 1. The molecule has 5 nitrogen and oxygen atoms in total. The molecule has 3 aromatic rings. The SMILES string of the molecule is O=C(c1ccc(-c2ccccc2)cc1)N1CCN(c2nnc(C3CCCCC3)s2)CC1. The molecule has 2 heterocycles. The van der Waals surface area contributed by atoms with Gasteiger partial charge in [0.05, 0.1) is 0 Å². The van der Waals surface area contributed by atoms with Crippen molar-refractivity contribution in [3.8, 4) is 11.1 Å². The minimum Gasteiger partial charge on any atom is -0.343 e. The number of anilines is 1. The second-order valence-corrected chi connectivity index (χ2v) is 9.47. The van der Waals surface area contributed by atoms with Gasteiger partial charge in [-0.2, -0.15) is 0 Å². The van der Waals surface area contributed by atoms with Crippen LogP contribution in [0.15, 0.2) is 54.6 Å². The van der Waals surface area contributed by atoms with Crippen LogP contribution in [0.2, 0.25) is 0 Å². The quantitative estimate of drug-likeness (QED) is 0.567. The topological polar surface area (TPSA) is 49.3 Å². The van der Waals surface area contributed by atoms with Gasteiger partial charge in [-0.1, -0.05) is 73.1 Å². The van der Waals surface area contributed by atoms with Crippen LogP contribution in [0.4, 0.5) is 5.13 Å². The van der Waals surface area contributed by atoms with E-state index in [4.69, 9.17) is 0 Å². The van der Waals surface area contributed by atoms with Crippen LogP contribution in [0.3, 0.4) is 0 Å². The van der Waals surface area contributed by atoms with Crippen molar-refractivity contribution in [3.63, 3.8) is 0 Å². The molecule has 1 amide bonds. The molecule has 0 bridgehead atoms. The largest absolute Gasteiger partial charge is 0.343 e. The van der Waals surface area contributed by atoms with Crippen LogP contribution in [0.1, 0.15) is 53.4 Å². The van der Waals surface area contributed by atoms with E-state index < -0.39 is 0 Å². The number of hydrogen-bond donors (Lipinski definition) is 0. The van der Waals surface area contributed by atoms with E-state index in [0.29, 0.717) is 5.92 Å². The van der Waals surface area contributed by atoms with Crippen LogP contribution >= 0.6 is 11.3 Å². The molecule has 1 aromatic heterocycles. The summed E-state index contributed by atoms with van der Waals surface area (Å²) in [7, 11) is 0. The first-order chi connectivity index (χ1) is 15.3. The summed E-state index contributed by atoms with van der Waals surface area (Å²) in [5, 5.41) is 11.2. The van der Waals surface area contributed by atoms with Gasteiger partial charge < -0.3 is 9.80 Å². The minimum atomic E-state index is 0.111. The molecule has 0 N–H and O–H groups in total. The summed E-state index contributed by atoms with van der Waals surface area (Å²) in [4.78, 5) is 17.2. The van der Waals surface area contributed by atoms with Gasteiger partial charge in [-0.25, -0.2) is 0 Å². The van der Waals surface area contributed by atoms with E-state index in [1.54, 1.807) is 11.3 Å². The van der Waals surface area contributed by atoms with Crippen LogP contribution in [0.25, 0.3) is 11.1 Å². The van der Waals surface area contributed by atoms with Gasteiger partial charge in [0.25, 0.3) is 5.91 Å². The Balaban J connectivity index is 1.19. The van der Waals surface area contributed by atoms with Gasteiger partial charge in [0, 0.05) is 37.7 Å². The molecule has 0 unspecified atom stereocenters. The first-order valence-corrected chi connectivity index (χ1v) is 12.1. The van der Waals surface area contributed by atoms with Gasteiger partial charge >= 0.3 is 0 Å². The van der Waals surface area contributed by atoms with Gasteiger partial charge in [0.2, 0.25) is 5.13 Å². The first kappa shape index (κ1) is 20.2. The maximum Gasteiger partial charge on any atom is 0.253 e. The summed E-state index contributed by atoms with van der Waals surface area (Å²) in [5.74, 6) is 0.709. The molecule has 160 valence electrons. The molecular weight excluding hydrogens is 404 g/mol. The lowest BCUT2D eigenvalue weighted by atomic mass is 9.90. The Kier molecular flexibility index (Phi) is 5.98. The molecule has 2 fully saturated rings. The smallest absolute Gasteiger partial charge is 0.253 e. The Morgan fingerprint density at radius 3 is 2.19 bits per heavy atom. The predicted molar refractivity (Wildman–Crippen MR) is 126 cm³/mol. The zero-order valence-electron chi connectivity index (χ0n) is 17.7. The third-order valence-electron chi connectivity index (χ3n) is 6.46. The monoisotopic (exact) mass is 432 g/mol. The zero-order chi connectivity index (χ0) is 21.0. The van der Waals surface area contributed by atoms with Crippen molar-refractivity contribution in [3.05, 3.63) is 65.2 Å². The van der Waals surface area contributed by atoms with E-state index >= 15 is 0 Å². The summed E-state index contributed by atoms with van der Waals surface area (Å²) in [6, 6.07) is 18.2. The molecule has 0 radical (unpaired) electrons. The number of hydrogen-bond acceptors (Lipinski definition) is 5. The van der Waals surface area contributed by atoms with Crippen LogP contribution in [0.5, 0.6) is 0 Å². The Morgan fingerprint density at radius 2 is 1.48 bits per heavy atom. The molecule has 6 heteroatoms. The number of amides is 1. The third-order valence-corrected chi connectivity index (χ3v) is 7.61. The van der Waals surface area contributed by atoms with E-state index in [0.717, 1.165) is 42.4 Å². The average molecular weight is 433 g/mol. The lowest BCUT2D eigenvalue weighted by Crippen LogP contribution is -2.48. The molecule has 5 rings (SSSR count). The van der Waals surface area contributed by atoms with Crippen molar-refractivity contribution in [2.75, 3.05) is 31.1 Å². The van der Waals surface area contributed by atoms with Crippen LogP contribution < -0.4 is 4.90 Å². The summed E-state index contributed by atoms with van der Waals surface area (Å²) < 4.78 is 0. The van der Waals surface area contributed by atoms with Crippen molar-refractivity contribution >= 4 is 22.4 Å². The van der Waals surface area contributed by atoms with E-state index in [2.05, 4.69) is 27.2 Å². The molecule has 0 atom stereocenters. The highest BCUT2D eigenvalue weighted by Gasteiger charge is 2.26. The van der Waals surface area contributed by atoms with E-state index in [1.807, 2.05) is 47.4 Å². The third kappa shape index (κ3) is 4.49. The van der Waals surface area contributed by atoms with Crippen molar-refractivity contribution < 1.29 is 4.79 Å². The summed E-state index contributed by atoms with van der Waals surface area (Å²) in [6.45, 7) is 3.06. The Hall–Kier alpha value is -2.73.